The van der Waals surface area contributed by atoms with Gasteiger partial charge in [-0.3, -0.25) is 0 Å². The molecule has 0 radical (unpaired) electrons. The van der Waals surface area contributed by atoms with Crippen LogP contribution in [-0.2, 0) is 4.74 Å². The van der Waals surface area contributed by atoms with E-state index in [9.17, 15) is 0 Å². The smallest absolute Gasteiger partial charge is 0.0590 e. The van der Waals surface area contributed by atoms with E-state index in [-0.39, 0.29) is 0 Å². The third-order valence-electron chi connectivity index (χ3n) is 3.14. The molecule has 1 aliphatic rings. The average Bonchev–Trinajstić information content (AvgIpc) is 2.65. The van der Waals surface area contributed by atoms with Crippen LogP contribution in [0.5, 0.6) is 0 Å². The third kappa shape index (κ3) is 4.43. The highest BCUT2D eigenvalue weighted by atomic mass is 16.5. The number of hydrogen-bond donors (Lipinski definition) is 1. The highest BCUT2D eigenvalue weighted by molar-refractivity contribution is 4.79. The van der Waals surface area contributed by atoms with Crippen molar-refractivity contribution in [2.45, 2.75) is 64.0 Å². The van der Waals surface area contributed by atoms with Gasteiger partial charge in [0.25, 0.3) is 0 Å². The van der Waals surface area contributed by atoms with Crippen molar-refractivity contribution in [2.75, 3.05) is 13.7 Å². The van der Waals surface area contributed by atoms with Gasteiger partial charge in [0.15, 0.2) is 0 Å². The second-order valence-corrected chi connectivity index (χ2v) is 4.35. The Kier molecular flexibility index (Phi) is 6.20. The summed E-state index contributed by atoms with van der Waals surface area (Å²) in [5.74, 6) is 0. The van der Waals surface area contributed by atoms with E-state index < -0.39 is 0 Å². The lowest BCUT2D eigenvalue weighted by Gasteiger charge is -2.12. The first-order chi connectivity index (χ1) is 6.86. The van der Waals surface area contributed by atoms with Gasteiger partial charge in [-0.1, -0.05) is 26.2 Å². The van der Waals surface area contributed by atoms with Crippen LogP contribution >= 0.6 is 0 Å². The van der Waals surface area contributed by atoms with E-state index in [1.54, 1.807) is 0 Å². The minimum absolute atomic E-state index is 0.536. The lowest BCUT2D eigenvalue weighted by Crippen LogP contribution is -2.22. The van der Waals surface area contributed by atoms with Gasteiger partial charge >= 0.3 is 0 Å². The van der Waals surface area contributed by atoms with Crippen molar-refractivity contribution in [2.24, 2.45) is 0 Å². The van der Waals surface area contributed by atoms with E-state index in [0.717, 1.165) is 6.61 Å². The molecule has 1 N–H and O–H groups in total. The van der Waals surface area contributed by atoms with Crippen molar-refractivity contribution in [1.29, 1.82) is 0 Å². The first-order valence-electron chi connectivity index (χ1n) is 6.15. The summed E-state index contributed by atoms with van der Waals surface area (Å²) >= 11 is 0. The van der Waals surface area contributed by atoms with Crippen molar-refractivity contribution in [3.05, 3.63) is 0 Å². The predicted molar refractivity (Wildman–Crippen MR) is 60.6 cm³/mol. The van der Waals surface area contributed by atoms with Crippen LogP contribution in [0, 0.1) is 0 Å². The Bertz CT molecular complexity index is 138. The fourth-order valence-corrected chi connectivity index (χ4v) is 2.13. The Hall–Kier alpha value is -0.0800. The number of hydrogen-bond acceptors (Lipinski definition) is 2. The quantitative estimate of drug-likeness (QED) is 0.637. The van der Waals surface area contributed by atoms with Crippen molar-refractivity contribution in [3.8, 4) is 0 Å². The number of unbranched alkanes of at least 4 members (excludes halogenated alkanes) is 3. The van der Waals surface area contributed by atoms with Crippen LogP contribution in [0.4, 0.5) is 0 Å². The minimum atomic E-state index is 0.536. The molecular weight excluding hydrogens is 174 g/mol. The summed E-state index contributed by atoms with van der Waals surface area (Å²) in [6.07, 6.45) is 9.53. The third-order valence-corrected chi connectivity index (χ3v) is 3.14. The van der Waals surface area contributed by atoms with Crippen LogP contribution < -0.4 is 5.32 Å². The summed E-state index contributed by atoms with van der Waals surface area (Å²) in [6.45, 7) is 3.22. The summed E-state index contributed by atoms with van der Waals surface area (Å²) < 4.78 is 5.84. The molecule has 0 saturated heterocycles. The Labute approximate surface area is 88.4 Å². The first kappa shape index (κ1) is 12.0. The molecule has 2 nitrogen and oxygen atoms in total. The summed E-state index contributed by atoms with van der Waals surface area (Å²) in [5.41, 5.74) is 0. The first-order valence-corrected chi connectivity index (χ1v) is 6.15. The normalized spacial score (nSPS) is 27.0. The van der Waals surface area contributed by atoms with Crippen LogP contribution in [0.3, 0.4) is 0 Å². The van der Waals surface area contributed by atoms with E-state index in [4.69, 9.17) is 4.74 Å². The molecule has 1 aliphatic carbocycles. The zero-order chi connectivity index (χ0) is 10.2. The predicted octanol–water partition coefficient (Wildman–Crippen LogP) is 2.72. The van der Waals surface area contributed by atoms with Gasteiger partial charge in [0.05, 0.1) is 6.10 Å². The van der Waals surface area contributed by atoms with E-state index in [2.05, 4.69) is 12.2 Å². The monoisotopic (exact) mass is 199 g/mol. The van der Waals surface area contributed by atoms with Gasteiger partial charge < -0.3 is 10.1 Å². The second-order valence-electron chi connectivity index (χ2n) is 4.35. The molecule has 0 spiro atoms. The van der Waals surface area contributed by atoms with Crippen LogP contribution in [-0.4, -0.2) is 25.8 Å². The molecule has 1 saturated carbocycles. The molecule has 1 fully saturated rings. The molecule has 0 aromatic heterocycles. The van der Waals surface area contributed by atoms with Gasteiger partial charge in [0.2, 0.25) is 0 Å². The zero-order valence-corrected chi connectivity index (χ0v) is 9.72. The standard InChI is InChI=1S/C12H25NO/c1-3-4-5-6-9-14-12-8-7-11(10-12)13-2/h11-13H,3-10H2,1-2H3. The maximum Gasteiger partial charge on any atom is 0.0590 e. The van der Waals surface area contributed by atoms with Gasteiger partial charge in [-0.15, -0.1) is 0 Å². The van der Waals surface area contributed by atoms with Gasteiger partial charge in [-0.05, 0) is 32.7 Å². The fraction of sp³-hybridized carbons (Fsp3) is 1.00. The summed E-state index contributed by atoms with van der Waals surface area (Å²) in [4.78, 5) is 0. The Morgan fingerprint density at radius 2 is 2.07 bits per heavy atom. The largest absolute Gasteiger partial charge is 0.378 e. The molecule has 2 unspecified atom stereocenters. The number of nitrogens with one attached hydrogen (secondary N) is 1. The highest BCUT2D eigenvalue weighted by Crippen LogP contribution is 2.21. The molecule has 2 heteroatoms. The Balaban J connectivity index is 1.92. The van der Waals surface area contributed by atoms with Crippen molar-refractivity contribution >= 4 is 0 Å². The maximum atomic E-state index is 5.84. The molecule has 0 aliphatic heterocycles. The lowest BCUT2D eigenvalue weighted by atomic mass is 10.2. The lowest BCUT2D eigenvalue weighted by molar-refractivity contribution is 0.0542. The van der Waals surface area contributed by atoms with Crippen molar-refractivity contribution in [1.82, 2.24) is 5.32 Å². The van der Waals surface area contributed by atoms with Gasteiger partial charge in [0.1, 0.15) is 0 Å². The van der Waals surface area contributed by atoms with Crippen molar-refractivity contribution in [3.63, 3.8) is 0 Å². The van der Waals surface area contributed by atoms with E-state index in [1.807, 2.05) is 7.05 Å². The van der Waals surface area contributed by atoms with Gasteiger partial charge in [-0.25, -0.2) is 0 Å². The zero-order valence-electron chi connectivity index (χ0n) is 9.72. The highest BCUT2D eigenvalue weighted by Gasteiger charge is 2.23. The number of ether oxygens (including phenoxy) is 1. The molecule has 2 atom stereocenters. The fourth-order valence-electron chi connectivity index (χ4n) is 2.13. The molecule has 0 heterocycles. The molecule has 84 valence electrons. The average molecular weight is 199 g/mol. The maximum absolute atomic E-state index is 5.84. The number of rotatable bonds is 7. The SMILES string of the molecule is CCCCCCOC1CCC(NC)C1. The molecule has 0 aromatic carbocycles. The van der Waals surface area contributed by atoms with Crippen molar-refractivity contribution < 1.29 is 4.74 Å². The van der Waals surface area contributed by atoms with E-state index in [1.165, 1.54) is 44.9 Å². The van der Waals surface area contributed by atoms with Gasteiger partial charge in [0, 0.05) is 12.6 Å². The molecule has 1 rings (SSSR count). The van der Waals surface area contributed by atoms with Crippen LogP contribution in [0.25, 0.3) is 0 Å². The molecule has 0 bridgehead atoms. The van der Waals surface area contributed by atoms with Gasteiger partial charge in [-0.2, -0.15) is 0 Å². The summed E-state index contributed by atoms with van der Waals surface area (Å²) in [5, 5.41) is 3.32. The minimum Gasteiger partial charge on any atom is -0.378 e. The van der Waals surface area contributed by atoms with E-state index >= 15 is 0 Å². The molecular formula is C12H25NO. The van der Waals surface area contributed by atoms with Crippen LogP contribution in [0.1, 0.15) is 51.9 Å². The van der Waals surface area contributed by atoms with E-state index in [0.29, 0.717) is 12.1 Å². The second kappa shape index (κ2) is 7.24. The molecule has 0 aromatic rings. The molecule has 0 amide bonds. The van der Waals surface area contributed by atoms with Crippen LogP contribution in [0.2, 0.25) is 0 Å². The summed E-state index contributed by atoms with van der Waals surface area (Å²) in [6, 6.07) is 0.704. The van der Waals surface area contributed by atoms with Crippen LogP contribution in [0.15, 0.2) is 0 Å². The topological polar surface area (TPSA) is 21.3 Å². The summed E-state index contributed by atoms with van der Waals surface area (Å²) in [7, 11) is 2.05. The Morgan fingerprint density at radius 3 is 2.71 bits per heavy atom. The molecule has 14 heavy (non-hydrogen) atoms. The Morgan fingerprint density at radius 1 is 1.21 bits per heavy atom.